The monoisotopic (exact) mass is 332 g/mol. The molecule has 1 heterocycles. The number of nitrogens with zero attached hydrogens (tertiary/aromatic N) is 2. The first-order valence-electron chi connectivity index (χ1n) is 7.73. The van der Waals surface area contributed by atoms with Gasteiger partial charge in [-0.05, 0) is 25.3 Å². The minimum Gasteiger partial charge on any atom is -0.349 e. The number of aromatic nitrogens is 1. The van der Waals surface area contributed by atoms with E-state index in [4.69, 9.17) is 11.6 Å². The molecule has 4 nitrogen and oxygen atoms in total. The van der Waals surface area contributed by atoms with Gasteiger partial charge in [0.15, 0.2) is 0 Å². The normalized spacial score (nSPS) is 17.5. The van der Waals surface area contributed by atoms with Crippen LogP contribution in [0.4, 0.5) is 0 Å². The van der Waals surface area contributed by atoms with Crippen LogP contribution in [0, 0.1) is 0 Å². The van der Waals surface area contributed by atoms with Crippen molar-refractivity contribution in [2.45, 2.75) is 68.8 Å². The lowest BCUT2D eigenvalue weighted by atomic mass is 9.96. The lowest BCUT2D eigenvalue weighted by Crippen LogP contribution is -2.38. The van der Waals surface area contributed by atoms with Crippen molar-refractivity contribution in [3.63, 3.8) is 0 Å². The summed E-state index contributed by atoms with van der Waals surface area (Å²) in [7, 11) is -1.70. The Balaban J connectivity index is 2.25. The van der Waals surface area contributed by atoms with Gasteiger partial charge in [0.1, 0.15) is 4.90 Å². The van der Waals surface area contributed by atoms with Crippen molar-refractivity contribution in [1.82, 2.24) is 8.87 Å². The second kappa shape index (κ2) is 7.16. The zero-order valence-corrected chi connectivity index (χ0v) is 14.5. The zero-order chi connectivity index (χ0) is 15.5. The van der Waals surface area contributed by atoms with Gasteiger partial charge >= 0.3 is 0 Å². The summed E-state index contributed by atoms with van der Waals surface area (Å²) >= 11 is 5.93. The summed E-state index contributed by atoms with van der Waals surface area (Å²) in [5, 5.41) is 0. The van der Waals surface area contributed by atoms with Crippen LogP contribution in [0.5, 0.6) is 0 Å². The van der Waals surface area contributed by atoms with Crippen molar-refractivity contribution in [3.8, 4) is 0 Å². The van der Waals surface area contributed by atoms with Crippen LogP contribution in [-0.2, 0) is 22.4 Å². The second-order valence-electron chi connectivity index (χ2n) is 5.81. The predicted octanol–water partition coefficient (Wildman–Crippen LogP) is 3.59. The van der Waals surface area contributed by atoms with Crippen LogP contribution in [0.1, 0.15) is 51.1 Å². The molecule has 0 amide bonds. The molecule has 1 aromatic heterocycles. The molecule has 0 unspecified atom stereocenters. The topological polar surface area (TPSA) is 42.3 Å². The first-order valence-corrected chi connectivity index (χ1v) is 9.71. The third-order valence-corrected chi connectivity index (χ3v) is 6.48. The van der Waals surface area contributed by atoms with E-state index in [0.29, 0.717) is 10.8 Å². The van der Waals surface area contributed by atoms with E-state index < -0.39 is 10.0 Å². The average molecular weight is 333 g/mol. The Morgan fingerprint density at radius 1 is 1.33 bits per heavy atom. The zero-order valence-electron chi connectivity index (χ0n) is 12.9. The third-order valence-electron chi connectivity index (χ3n) is 4.33. The van der Waals surface area contributed by atoms with Gasteiger partial charge in [-0.3, -0.25) is 0 Å². The fourth-order valence-electron chi connectivity index (χ4n) is 3.03. The Morgan fingerprint density at radius 3 is 2.57 bits per heavy atom. The van der Waals surface area contributed by atoms with Gasteiger partial charge < -0.3 is 4.57 Å². The van der Waals surface area contributed by atoms with E-state index in [1.807, 2.05) is 4.57 Å². The molecule has 6 heteroatoms. The molecular weight excluding hydrogens is 308 g/mol. The van der Waals surface area contributed by atoms with Crippen molar-refractivity contribution < 1.29 is 8.42 Å². The lowest BCUT2D eigenvalue weighted by Gasteiger charge is -2.30. The fourth-order valence-corrected chi connectivity index (χ4v) is 4.75. The number of rotatable bonds is 6. The van der Waals surface area contributed by atoms with Crippen LogP contribution in [0.25, 0.3) is 0 Å². The molecule has 0 aromatic carbocycles. The maximum Gasteiger partial charge on any atom is 0.244 e. The van der Waals surface area contributed by atoms with E-state index in [2.05, 4.69) is 6.92 Å². The molecular formula is C15H25ClN2O2S. The summed E-state index contributed by atoms with van der Waals surface area (Å²) in [6.07, 6.45) is 8.07. The molecule has 1 aliphatic carbocycles. The van der Waals surface area contributed by atoms with Gasteiger partial charge in [-0.25, -0.2) is 8.42 Å². The summed E-state index contributed by atoms with van der Waals surface area (Å²) in [5.41, 5.74) is 0.870. The van der Waals surface area contributed by atoms with Crippen molar-refractivity contribution >= 4 is 21.6 Å². The highest BCUT2D eigenvalue weighted by Gasteiger charge is 2.30. The molecule has 0 aliphatic heterocycles. The Morgan fingerprint density at radius 2 is 2.00 bits per heavy atom. The summed E-state index contributed by atoms with van der Waals surface area (Å²) in [6.45, 7) is 2.87. The van der Waals surface area contributed by atoms with Gasteiger partial charge in [-0.1, -0.05) is 26.2 Å². The van der Waals surface area contributed by atoms with Crippen LogP contribution in [-0.4, -0.2) is 30.4 Å². The lowest BCUT2D eigenvalue weighted by molar-refractivity contribution is 0.286. The third kappa shape index (κ3) is 3.63. The van der Waals surface area contributed by atoms with E-state index in [-0.39, 0.29) is 6.04 Å². The second-order valence-corrected chi connectivity index (χ2v) is 8.07. The van der Waals surface area contributed by atoms with Crippen LogP contribution in [0.15, 0.2) is 17.2 Å². The van der Waals surface area contributed by atoms with E-state index in [0.717, 1.165) is 44.3 Å². The van der Waals surface area contributed by atoms with E-state index in [9.17, 15) is 8.42 Å². The van der Waals surface area contributed by atoms with Gasteiger partial charge in [0.25, 0.3) is 0 Å². The van der Waals surface area contributed by atoms with Crippen LogP contribution >= 0.6 is 11.6 Å². The van der Waals surface area contributed by atoms with E-state index in [1.54, 1.807) is 23.6 Å². The van der Waals surface area contributed by atoms with Crippen molar-refractivity contribution in [3.05, 3.63) is 18.0 Å². The standard InChI is InChI=1S/C15H25ClN2O2S/c1-3-9-18-12-15(10-14(18)11-16)21(19,20)17(2)13-7-5-4-6-8-13/h10,12-13H,3-9,11H2,1-2H3. The first kappa shape index (κ1) is 16.8. The van der Waals surface area contributed by atoms with E-state index >= 15 is 0 Å². The van der Waals surface area contributed by atoms with Gasteiger partial charge in [-0.15, -0.1) is 11.6 Å². The fraction of sp³-hybridized carbons (Fsp3) is 0.733. The molecule has 0 spiro atoms. The Bertz CT molecular complexity index is 562. The van der Waals surface area contributed by atoms with Crippen LogP contribution in [0.2, 0.25) is 0 Å². The van der Waals surface area contributed by atoms with Crippen LogP contribution < -0.4 is 0 Å². The SMILES string of the molecule is CCCn1cc(S(=O)(=O)N(C)C2CCCCC2)cc1CCl. The smallest absolute Gasteiger partial charge is 0.244 e. The number of halogens is 1. The molecule has 0 saturated heterocycles. The van der Waals surface area contributed by atoms with Gasteiger partial charge in [0.2, 0.25) is 10.0 Å². The summed E-state index contributed by atoms with van der Waals surface area (Å²) in [5.74, 6) is 0.336. The van der Waals surface area contributed by atoms with Crippen molar-refractivity contribution in [1.29, 1.82) is 0 Å². The van der Waals surface area contributed by atoms with Crippen LogP contribution in [0.3, 0.4) is 0 Å². The maximum absolute atomic E-state index is 12.8. The highest BCUT2D eigenvalue weighted by atomic mass is 35.5. The highest BCUT2D eigenvalue weighted by molar-refractivity contribution is 7.89. The molecule has 2 rings (SSSR count). The van der Waals surface area contributed by atoms with Gasteiger partial charge in [0.05, 0.1) is 5.88 Å². The Kier molecular flexibility index (Phi) is 5.74. The minimum atomic E-state index is -3.41. The predicted molar refractivity (Wildman–Crippen MR) is 86.1 cm³/mol. The number of aryl methyl sites for hydroxylation is 1. The molecule has 21 heavy (non-hydrogen) atoms. The van der Waals surface area contributed by atoms with Gasteiger partial charge in [-0.2, -0.15) is 4.31 Å². The number of sulfonamides is 1. The average Bonchev–Trinajstić information content (AvgIpc) is 2.91. The quantitative estimate of drug-likeness (QED) is 0.747. The molecule has 120 valence electrons. The Labute approximate surface area is 133 Å². The van der Waals surface area contributed by atoms with E-state index in [1.165, 1.54) is 6.42 Å². The number of alkyl halides is 1. The molecule has 0 atom stereocenters. The molecule has 1 aliphatic rings. The Hall–Kier alpha value is -0.520. The first-order chi connectivity index (χ1) is 10.0. The molecule has 0 radical (unpaired) electrons. The highest BCUT2D eigenvalue weighted by Crippen LogP contribution is 2.27. The number of hydrogen-bond acceptors (Lipinski definition) is 2. The molecule has 0 bridgehead atoms. The molecule has 1 aromatic rings. The minimum absolute atomic E-state index is 0.137. The van der Waals surface area contributed by atoms with Crippen molar-refractivity contribution in [2.24, 2.45) is 0 Å². The summed E-state index contributed by atoms with van der Waals surface area (Å²) in [4.78, 5) is 0.375. The molecule has 1 saturated carbocycles. The van der Waals surface area contributed by atoms with Crippen molar-refractivity contribution in [2.75, 3.05) is 7.05 Å². The summed E-state index contributed by atoms with van der Waals surface area (Å²) < 4.78 is 29.1. The largest absolute Gasteiger partial charge is 0.349 e. The number of hydrogen-bond donors (Lipinski definition) is 0. The maximum atomic E-state index is 12.8. The molecule has 1 fully saturated rings. The van der Waals surface area contributed by atoms with Gasteiger partial charge in [0, 0.05) is 31.5 Å². The summed E-state index contributed by atoms with van der Waals surface area (Å²) in [6, 6.07) is 1.86. The molecule has 0 N–H and O–H groups in total.